The lowest BCUT2D eigenvalue weighted by Crippen LogP contribution is -2.32. The molecule has 0 saturated heterocycles. The number of rotatable bonds is 6. The Morgan fingerprint density at radius 1 is 1.32 bits per heavy atom. The van der Waals surface area contributed by atoms with Crippen LogP contribution in [0.4, 0.5) is 8.78 Å². The number of nitrogens with one attached hydrogen (secondary N) is 1. The van der Waals surface area contributed by atoms with E-state index in [1.807, 2.05) is 0 Å². The predicted octanol–water partition coefficient (Wildman–Crippen LogP) is 1.50. The second-order valence-electron chi connectivity index (χ2n) is 4.23. The van der Waals surface area contributed by atoms with Gasteiger partial charge in [-0.05, 0) is 20.9 Å². The molecule has 0 atom stereocenters. The largest absolute Gasteiger partial charge is 0.465 e. The monoisotopic (exact) mass is 296 g/mol. The molecule has 1 aromatic rings. The number of furan rings is 1. The van der Waals surface area contributed by atoms with Crippen molar-refractivity contribution in [3.05, 3.63) is 17.1 Å². The van der Waals surface area contributed by atoms with E-state index in [0.29, 0.717) is 22.2 Å². The van der Waals surface area contributed by atoms with Crippen LogP contribution in [-0.2, 0) is 16.6 Å². The fraction of sp³-hybridized carbons (Fsp3) is 0.636. The summed E-state index contributed by atoms with van der Waals surface area (Å²) in [5.41, 5.74) is 0.473. The van der Waals surface area contributed by atoms with Gasteiger partial charge in [0.15, 0.2) is 0 Å². The zero-order valence-corrected chi connectivity index (χ0v) is 12.1. The van der Waals surface area contributed by atoms with E-state index in [1.165, 1.54) is 6.92 Å². The van der Waals surface area contributed by atoms with Crippen LogP contribution in [0.25, 0.3) is 0 Å². The van der Waals surface area contributed by atoms with E-state index < -0.39 is 23.0 Å². The number of nitrogens with zero attached hydrogens (tertiary/aromatic N) is 1. The molecule has 0 radical (unpaired) electrons. The zero-order valence-electron chi connectivity index (χ0n) is 11.3. The van der Waals surface area contributed by atoms with Gasteiger partial charge in [-0.15, -0.1) is 0 Å². The lowest BCUT2D eigenvalue weighted by Gasteiger charge is -2.17. The van der Waals surface area contributed by atoms with E-state index in [9.17, 15) is 17.2 Å². The molecule has 0 aromatic carbocycles. The summed E-state index contributed by atoms with van der Waals surface area (Å²) in [6.07, 6.45) is -2.72. The first-order chi connectivity index (χ1) is 8.71. The van der Waals surface area contributed by atoms with Crippen LogP contribution in [0.5, 0.6) is 0 Å². The molecule has 0 amide bonds. The first-order valence-electron chi connectivity index (χ1n) is 5.69. The summed E-state index contributed by atoms with van der Waals surface area (Å²) in [4.78, 5) is -0.0255. The molecule has 19 heavy (non-hydrogen) atoms. The first kappa shape index (κ1) is 16.1. The maximum absolute atomic E-state index is 12.3. The van der Waals surface area contributed by atoms with Crippen molar-refractivity contribution in [1.82, 2.24) is 9.62 Å². The molecule has 0 spiro atoms. The number of sulfonamides is 1. The number of hydrogen-bond donors (Lipinski definition) is 1. The molecule has 0 bridgehead atoms. The van der Waals surface area contributed by atoms with Crippen molar-refractivity contribution in [3.63, 3.8) is 0 Å². The average Bonchev–Trinajstić information content (AvgIpc) is 2.53. The summed E-state index contributed by atoms with van der Waals surface area (Å²) < 4.78 is 55.2. The summed E-state index contributed by atoms with van der Waals surface area (Å²) in [6.45, 7) is 2.60. The summed E-state index contributed by atoms with van der Waals surface area (Å²) in [7, 11) is -1.18. The van der Waals surface area contributed by atoms with Crippen molar-refractivity contribution in [2.24, 2.45) is 0 Å². The molecule has 1 rings (SSSR count). The Labute approximate surface area is 111 Å². The van der Waals surface area contributed by atoms with Crippen molar-refractivity contribution in [3.8, 4) is 0 Å². The Bertz CT molecular complexity index is 540. The number of halogens is 2. The number of hydrogen-bond acceptors (Lipinski definition) is 4. The van der Waals surface area contributed by atoms with E-state index in [1.54, 1.807) is 14.0 Å². The third-order valence-electron chi connectivity index (χ3n) is 2.74. The minimum atomic E-state index is -3.98. The fourth-order valence-electron chi connectivity index (χ4n) is 1.88. The van der Waals surface area contributed by atoms with Gasteiger partial charge in [-0.25, -0.2) is 17.2 Å². The van der Waals surface area contributed by atoms with Crippen LogP contribution >= 0.6 is 0 Å². The molecule has 0 aliphatic rings. The van der Waals surface area contributed by atoms with Crippen molar-refractivity contribution in [2.75, 3.05) is 20.6 Å². The van der Waals surface area contributed by atoms with Crippen molar-refractivity contribution >= 4 is 10.0 Å². The fourth-order valence-corrected chi connectivity index (χ4v) is 3.43. The van der Waals surface area contributed by atoms with Crippen molar-refractivity contribution < 1.29 is 21.6 Å². The second-order valence-corrected chi connectivity index (χ2v) is 6.21. The molecule has 0 unspecified atom stereocenters. The molecule has 0 fully saturated rings. The van der Waals surface area contributed by atoms with Gasteiger partial charge in [0, 0.05) is 19.2 Å². The summed E-state index contributed by atoms with van der Waals surface area (Å²) in [5, 5.41) is 2.84. The highest BCUT2D eigenvalue weighted by Gasteiger charge is 2.31. The van der Waals surface area contributed by atoms with Gasteiger partial charge < -0.3 is 9.73 Å². The van der Waals surface area contributed by atoms with Crippen LogP contribution in [0.1, 0.15) is 17.1 Å². The van der Waals surface area contributed by atoms with Gasteiger partial charge in [-0.1, -0.05) is 0 Å². The lowest BCUT2D eigenvalue weighted by molar-refractivity contribution is 0.126. The van der Waals surface area contributed by atoms with Crippen LogP contribution in [0.3, 0.4) is 0 Å². The highest BCUT2D eigenvalue weighted by molar-refractivity contribution is 7.89. The highest BCUT2D eigenvalue weighted by Crippen LogP contribution is 2.28. The molecule has 8 heteroatoms. The van der Waals surface area contributed by atoms with Crippen LogP contribution in [0.15, 0.2) is 9.31 Å². The molecule has 110 valence electrons. The molecule has 0 saturated carbocycles. The van der Waals surface area contributed by atoms with E-state index >= 15 is 0 Å². The van der Waals surface area contributed by atoms with Gasteiger partial charge in [-0.3, -0.25) is 0 Å². The van der Waals surface area contributed by atoms with E-state index in [0.717, 1.165) is 7.05 Å². The third-order valence-corrected chi connectivity index (χ3v) is 4.76. The van der Waals surface area contributed by atoms with Gasteiger partial charge in [0.25, 0.3) is 6.43 Å². The lowest BCUT2D eigenvalue weighted by atomic mass is 10.2. The van der Waals surface area contributed by atoms with E-state index in [2.05, 4.69) is 5.32 Å². The quantitative estimate of drug-likeness (QED) is 0.864. The standard InChI is InChI=1S/C11H18F2N2O3S/c1-7-9(5-14-3)11(8(2)18-7)19(16,17)15(4)6-10(12)13/h10,14H,5-6H2,1-4H3. The van der Waals surface area contributed by atoms with Gasteiger partial charge in [0.2, 0.25) is 10.0 Å². The Morgan fingerprint density at radius 3 is 2.37 bits per heavy atom. The van der Waals surface area contributed by atoms with Crippen molar-refractivity contribution in [2.45, 2.75) is 31.7 Å². The average molecular weight is 296 g/mol. The Kier molecular flexibility index (Phi) is 5.05. The molecule has 0 aliphatic heterocycles. The summed E-state index contributed by atoms with van der Waals surface area (Å²) in [5.74, 6) is 0.680. The van der Waals surface area contributed by atoms with Gasteiger partial charge in [0.05, 0.1) is 6.54 Å². The summed E-state index contributed by atoms with van der Waals surface area (Å²) >= 11 is 0. The highest BCUT2D eigenvalue weighted by atomic mass is 32.2. The van der Waals surface area contributed by atoms with Crippen LogP contribution < -0.4 is 5.32 Å². The maximum atomic E-state index is 12.3. The summed E-state index contributed by atoms with van der Waals surface area (Å²) in [6, 6.07) is 0. The second kappa shape index (κ2) is 5.98. The zero-order chi connectivity index (χ0) is 14.8. The molecule has 0 aliphatic carbocycles. The normalized spacial score (nSPS) is 12.6. The van der Waals surface area contributed by atoms with Crippen LogP contribution in [0, 0.1) is 13.8 Å². The SMILES string of the molecule is CNCc1c(C)oc(C)c1S(=O)(=O)N(C)CC(F)F. The van der Waals surface area contributed by atoms with Crippen LogP contribution in [-0.4, -0.2) is 39.8 Å². The molecular formula is C11H18F2N2O3S. The van der Waals surface area contributed by atoms with Crippen molar-refractivity contribution in [1.29, 1.82) is 0 Å². The minimum absolute atomic E-state index is 0.0255. The Hall–Kier alpha value is -0.990. The number of alkyl halides is 2. The molecule has 1 heterocycles. The molecule has 1 N–H and O–H groups in total. The van der Waals surface area contributed by atoms with E-state index in [-0.39, 0.29) is 10.7 Å². The topological polar surface area (TPSA) is 62.6 Å². The minimum Gasteiger partial charge on any atom is -0.465 e. The smallest absolute Gasteiger partial charge is 0.252 e. The Morgan fingerprint density at radius 2 is 1.89 bits per heavy atom. The first-order valence-corrected chi connectivity index (χ1v) is 7.13. The maximum Gasteiger partial charge on any atom is 0.252 e. The predicted molar refractivity (Wildman–Crippen MR) is 66.8 cm³/mol. The Balaban J connectivity index is 3.28. The molecule has 1 aromatic heterocycles. The van der Waals surface area contributed by atoms with Gasteiger partial charge in [-0.2, -0.15) is 4.31 Å². The van der Waals surface area contributed by atoms with E-state index in [4.69, 9.17) is 4.42 Å². The van der Waals surface area contributed by atoms with Gasteiger partial charge >= 0.3 is 0 Å². The molecular weight excluding hydrogens is 278 g/mol. The number of aryl methyl sites for hydroxylation is 2. The third kappa shape index (κ3) is 3.31. The van der Waals surface area contributed by atoms with Gasteiger partial charge in [0.1, 0.15) is 16.4 Å². The van der Waals surface area contributed by atoms with Crippen LogP contribution in [0.2, 0.25) is 0 Å². The molecule has 5 nitrogen and oxygen atoms in total.